The van der Waals surface area contributed by atoms with E-state index in [1.807, 2.05) is 13.8 Å². The lowest BCUT2D eigenvalue weighted by atomic mass is 10.1. The van der Waals surface area contributed by atoms with E-state index in [2.05, 4.69) is 5.32 Å². The van der Waals surface area contributed by atoms with Gasteiger partial charge in [0.1, 0.15) is 30.4 Å². The number of rotatable bonds is 4. The highest BCUT2D eigenvalue weighted by Crippen LogP contribution is 2.40. The fourth-order valence-corrected chi connectivity index (χ4v) is 3.37. The van der Waals surface area contributed by atoms with Crippen LogP contribution in [0.15, 0.2) is 34.7 Å². The average molecular weight is 385 g/mol. The maximum absolute atomic E-state index is 13.5. The molecule has 0 saturated heterocycles. The summed E-state index contributed by atoms with van der Waals surface area (Å²) < 4.78 is 35.8. The molecule has 4 rings (SSSR count). The van der Waals surface area contributed by atoms with Crippen LogP contribution >= 0.6 is 0 Å². The first-order chi connectivity index (χ1) is 13.5. The minimum Gasteiger partial charge on any atom is -0.493 e. The van der Waals surface area contributed by atoms with E-state index >= 15 is 0 Å². The zero-order chi connectivity index (χ0) is 19.8. The number of nitrogens with one attached hydrogen (secondary N) is 1. The molecule has 3 aromatic rings. The lowest BCUT2D eigenvalue weighted by molar-refractivity contribution is 0.0933. The minimum atomic E-state index is -0.415. The van der Waals surface area contributed by atoms with Gasteiger partial charge in [0.05, 0.1) is 13.2 Å². The molecule has 7 heteroatoms. The van der Waals surface area contributed by atoms with Crippen molar-refractivity contribution in [3.8, 4) is 17.2 Å². The summed E-state index contributed by atoms with van der Waals surface area (Å²) in [6.07, 6.45) is 0. The van der Waals surface area contributed by atoms with Gasteiger partial charge in [-0.1, -0.05) is 0 Å². The number of carbonyl (C=O) groups excluding carboxylic acids is 1. The van der Waals surface area contributed by atoms with Gasteiger partial charge < -0.3 is 23.9 Å². The highest BCUT2D eigenvalue weighted by molar-refractivity contribution is 5.96. The summed E-state index contributed by atoms with van der Waals surface area (Å²) in [7, 11) is 1.51. The van der Waals surface area contributed by atoms with Crippen molar-refractivity contribution in [2.75, 3.05) is 20.3 Å². The summed E-state index contributed by atoms with van der Waals surface area (Å²) in [5, 5.41) is 3.60. The highest BCUT2D eigenvalue weighted by Gasteiger charge is 2.23. The molecule has 0 saturated carbocycles. The fraction of sp³-hybridized carbons (Fsp3) is 0.286. The number of ether oxygens (including phenoxy) is 3. The van der Waals surface area contributed by atoms with Crippen LogP contribution in [0.5, 0.6) is 17.2 Å². The molecule has 1 aromatic heterocycles. The summed E-state index contributed by atoms with van der Waals surface area (Å²) in [4.78, 5) is 12.8. The smallest absolute Gasteiger partial charge is 0.252 e. The van der Waals surface area contributed by atoms with Gasteiger partial charge in [-0.3, -0.25) is 4.79 Å². The molecule has 146 valence electrons. The summed E-state index contributed by atoms with van der Waals surface area (Å²) >= 11 is 0. The second kappa shape index (κ2) is 7.07. The Balaban J connectivity index is 1.61. The Kier molecular flexibility index (Phi) is 4.58. The van der Waals surface area contributed by atoms with E-state index in [0.29, 0.717) is 52.8 Å². The summed E-state index contributed by atoms with van der Waals surface area (Å²) in [5.41, 5.74) is 1.76. The van der Waals surface area contributed by atoms with Crippen LogP contribution in [-0.4, -0.2) is 26.2 Å². The average Bonchev–Trinajstić information content (AvgIpc) is 3.03. The molecule has 1 N–H and O–H groups in total. The molecule has 2 heterocycles. The van der Waals surface area contributed by atoms with Gasteiger partial charge in [-0.15, -0.1) is 0 Å². The predicted octanol–water partition coefficient (Wildman–Crippen LogP) is 4.15. The Bertz CT molecular complexity index is 1040. The Morgan fingerprint density at radius 3 is 2.79 bits per heavy atom. The van der Waals surface area contributed by atoms with Crippen molar-refractivity contribution in [1.82, 2.24) is 5.32 Å². The number of fused-ring (bicyclic) bond motifs is 2. The van der Waals surface area contributed by atoms with Crippen molar-refractivity contribution in [3.63, 3.8) is 0 Å². The molecule has 0 spiro atoms. The summed E-state index contributed by atoms with van der Waals surface area (Å²) in [6, 6.07) is 7.18. The van der Waals surface area contributed by atoms with Gasteiger partial charge in [-0.05, 0) is 44.2 Å². The first kappa shape index (κ1) is 18.2. The van der Waals surface area contributed by atoms with Crippen LogP contribution in [0.1, 0.15) is 34.6 Å². The molecule has 0 fully saturated rings. The lowest BCUT2D eigenvalue weighted by Gasteiger charge is -2.21. The molecular weight excluding hydrogens is 365 g/mol. The van der Waals surface area contributed by atoms with E-state index in [1.165, 1.54) is 19.2 Å². The van der Waals surface area contributed by atoms with Crippen molar-refractivity contribution >= 4 is 16.9 Å². The van der Waals surface area contributed by atoms with Crippen molar-refractivity contribution in [3.05, 3.63) is 53.0 Å². The molecule has 1 aliphatic heterocycles. The van der Waals surface area contributed by atoms with E-state index in [4.69, 9.17) is 18.6 Å². The number of amides is 1. The molecule has 0 radical (unpaired) electrons. The first-order valence-corrected chi connectivity index (χ1v) is 8.95. The quantitative estimate of drug-likeness (QED) is 0.731. The van der Waals surface area contributed by atoms with Crippen LogP contribution in [0, 0.1) is 12.7 Å². The molecule has 2 aromatic carbocycles. The Hall–Kier alpha value is -3.22. The number of carbonyl (C=O) groups is 1. The third kappa shape index (κ3) is 3.13. The number of furan rings is 1. The van der Waals surface area contributed by atoms with E-state index in [1.54, 1.807) is 18.2 Å². The monoisotopic (exact) mass is 385 g/mol. The Labute approximate surface area is 161 Å². The standard InChI is InChI=1S/C21H20FNO5/c1-11-15-10-14(22)4-5-16(15)28-19(11)12(2)23-21(24)13-8-17(25-3)20-18(9-13)26-6-7-27-20/h4-5,8-10,12H,6-7H2,1-3H3,(H,23,24). The van der Waals surface area contributed by atoms with Crippen molar-refractivity contribution < 1.29 is 27.8 Å². The van der Waals surface area contributed by atoms with Gasteiger partial charge in [-0.25, -0.2) is 4.39 Å². The van der Waals surface area contributed by atoms with Crippen LogP contribution in [-0.2, 0) is 0 Å². The van der Waals surface area contributed by atoms with Gasteiger partial charge in [0.2, 0.25) is 5.75 Å². The van der Waals surface area contributed by atoms with E-state index < -0.39 is 6.04 Å². The molecule has 6 nitrogen and oxygen atoms in total. The predicted molar refractivity (Wildman–Crippen MR) is 101 cm³/mol. The van der Waals surface area contributed by atoms with Crippen molar-refractivity contribution in [2.24, 2.45) is 0 Å². The molecule has 0 aliphatic carbocycles. The molecule has 1 aliphatic rings. The van der Waals surface area contributed by atoms with Crippen molar-refractivity contribution in [2.45, 2.75) is 19.9 Å². The minimum absolute atomic E-state index is 0.311. The molecule has 1 unspecified atom stereocenters. The third-order valence-corrected chi connectivity index (χ3v) is 4.77. The molecule has 1 atom stereocenters. The maximum atomic E-state index is 13.5. The van der Waals surface area contributed by atoms with Crippen molar-refractivity contribution in [1.29, 1.82) is 0 Å². The Morgan fingerprint density at radius 1 is 1.21 bits per heavy atom. The van der Waals surface area contributed by atoms with Gasteiger partial charge in [-0.2, -0.15) is 0 Å². The fourth-order valence-electron chi connectivity index (χ4n) is 3.37. The highest BCUT2D eigenvalue weighted by atomic mass is 19.1. The topological polar surface area (TPSA) is 69.9 Å². The lowest BCUT2D eigenvalue weighted by Crippen LogP contribution is -2.27. The number of halogens is 1. The van der Waals surface area contributed by atoms with E-state index in [-0.39, 0.29) is 11.7 Å². The number of benzene rings is 2. The van der Waals surface area contributed by atoms with Crippen LogP contribution < -0.4 is 19.5 Å². The summed E-state index contributed by atoms with van der Waals surface area (Å²) in [6.45, 7) is 4.49. The normalized spacial score (nSPS) is 14.0. The molecule has 28 heavy (non-hydrogen) atoms. The van der Waals surface area contributed by atoms with E-state index in [9.17, 15) is 9.18 Å². The molecule has 1 amide bonds. The van der Waals surface area contributed by atoms with Crippen LogP contribution in [0.4, 0.5) is 4.39 Å². The van der Waals surface area contributed by atoms with Gasteiger partial charge in [0.15, 0.2) is 11.5 Å². The Morgan fingerprint density at radius 2 is 2.00 bits per heavy atom. The number of hydrogen-bond acceptors (Lipinski definition) is 5. The SMILES string of the molecule is COc1cc(C(=O)NC(C)c2oc3ccc(F)cc3c2C)cc2c1OCCO2. The van der Waals surface area contributed by atoms with Gasteiger partial charge in [0.25, 0.3) is 5.91 Å². The largest absolute Gasteiger partial charge is 0.493 e. The van der Waals surface area contributed by atoms with Crippen LogP contribution in [0.3, 0.4) is 0 Å². The number of methoxy groups -OCH3 is 1. The third-order valence-electron chi connectivity index (χ3n) is 4.77. The maximum Gasteiger partial charge on any atom is 0.252 e. The van der Waals surface area contributed by atoms with Crippen LogP contribution in [0.2, 0.25) is 0 Å². The second-order valence-corrected chi connectivity index (χ2v) is 6.63. The van der Waals surface area contributed by atoms with E-state index in [0.717, 1.165) is 5.56 Å². The van der Waals surface area contributed by atoms with Crippen LogP contribution in [0.25, 0.3) is 11.0 Å². The zero-order valence-electron chi connectivity index (χ0n) is 15.8. The second-order valence-electron chi connectivity index (χ2n) is 6.63. The number of hydrogen-bond donors (Lipinski definition) is 1. The molecular formula is C21H20FNO5. The van der Waals surface area contributed by atoms with Gasteiger partial charge >= 0.3 is 0 Å². The van der Waals surface area contributed by atoms with Gasteiger partial charge in [0, 0.05) is 16.5 Å². The molecule has 0 bridgehead atoms. The zero-order valence-corrected chi connectivity index (χ0v) is 15.8. The number of aryl methyl sites for hydroxylation is 1. The summed E-state index contributed by atoms with van der Waals surface area (Å²) in [5.74, 6) is 1.34. The first-order valence-electron chi connectivity index (χ1n) is 8.95.